The van der Waals surface area contributed by atoms with Gasteiger partial charge in [0.05, 0.1) is 5.52 Å². The largest absolute Gasteiger partial charge is 0.869 e. The van der Waals surface area contributed by atoms with Crippen LogP contribution in [0.4, 0.5) is 0 Å². The Hall–Kier alpha value is -2.57. The predicted molar refractivity (Wildman–Crippen MR) is 71.7 cm³/mol. The molecule has 7 heteroatoms. The monoisotopic (exact) mass is 273 g/mol. The zero-order valence-corrected chi connectivity index (χ0v) is 11.0. The molecule has 0 bridgehead atoms. The lowest BCUT2D eigenvalue weighted by atomic mass is 10.2. The van der Waals surface area contributed by atoms with Crippen molar-refractivity contribution in [3.63, 3.8) is 0 Å². The zero-order valence-electron chi connectivity index (χ0n) is 11.0. The van der Waals surface area contributed by atoms with Gasteiger partial charge in [0, 0.05) is 19.2 Å². The van der Waals surface area contributed by atoms with Crippen molar-refractivity contribution in [2.75, 3.05) is 0 Å². The molecule has 6 nitrogen and oxygen atoms in total. The highest BCUT2D eigenvalue weighted by Gasteiger charge is 2.32. The second kappa shape index (κ2) is 6.05. The number of pyridine rings is 1. The van der Waals surface area contributed by atoms with Gasteiger partial charge in [-0.25, -0.2) is 4.98 Å². The molecule has 0 aliphatic carbocycles. The van der Waals surface area contributed by atoms with Crippen LogP contribution in [-0.4, -0.2) is 24.2 Å². The number of carbonyl (C=O) groups is 2. The lowest BCUT2D eigenvalue weighted by Crippen LogP contribution is -2.34. The van der Waals surface area contributed by atoms with E-state index in [1.54, 1.807) is 12.1 Å². The summed E-state index contributed by atoms with van der Waals surface area (Å²) in [7, 11) is -1.45. The summed E-state index contributed by atoms with van der Waals surface area (Å²) in [6.45, 7) is 2.38. The van der Waals surface area contributed by atoms with Crippen LogP contribution in [0.5, 0.6) is 5.88 Å². The average Bonchev–Trinajstić information content (AvgIpc) is 2.37. The van der Waals surface area contributed by atoms with Gasteiger partial charge >= 0.3 is 7.32 Å². The van der Waals surface area contributed by atoms with E-state index < -0.39 is 19.3 Å². The first-order valence-electron chi connectivity index (χ1n) is 5.91. The van der Waals surface area contributed by atoms with Crippen LogP contribution in [0.3, 0.4) is 0 Å². The Morgan fingerprint density at radius 2 is 1.65 bits per heavy atom. The molecule has 2 rings (SSSR count). The van der Waals surface area contributed by atoms with E-state index in [0.29, 0.717) is 0 Å². The van der Waals surface area contributed by atoms with E-state index in [4.69, 9.17) is 14.0 Å². The third-order valence-corrected chi connectivity index (χ3v) is 2.31. The molecule has 0 amide bonds. The van der Waals surface area contributed by atoms with E-state index in [2.05, 4.69) is 4.98 Å². The minimum Gasteiger partial charge on any atom is -0.474 e. The number of nitrogens with zero attached hydrogens (tertiary/aromatic N) is 1. The highest BCUT2D eigenvalue weighted by molar-refractivity contribution is 6.42. The van der Waals surface area contributed by atoms with Crippen molar-refractivity contribution >= 4 is 30.2 Å². The van der Waals surface area contributed by atoms with Gasteiger partial charge in [0.25, 0.3) is 11.9 Å². The first-order chi connectivity index (χ1) is 9.54. The fourth-order valence-electron chi connectivity index (χ4n) is 1.55. The molecule has 0 unspecified atom stereocenters. The van der Waals surface area contributed by atoms with E-state index in [9.17, 15) is 9.59 Å². The number of hydrogen-bond donors (Lipinski definition) is 0. The van der Waals surface area contributed by atoms with E-state index in [-0.39, 0.29) is 5.88 Å². The Bertz CT molecular complexity index is 629. The standard InChI is InChI=1S/C13H12BNO5/c1-9(16)18-14(19-10(2)17)20-13-8-7-11-5-3-4-6-12(11)15-13/h3-8H,1-2H3. The molecule has 1 aromatic heterocycles. The van der Waals surface area contributed by atoms with Gasteiger partial charge in [0.15, 0.2) is 0 Å². The van der Waals surface area contributed by atoms with Crippen molar-refractivity contribution in [1.82, 2.24) is 4.98 Å². The first kappa shape index (κ1) is 13.9. The van der Waals surface area contributed by atoms with Gasteiger partial charge in [-0.05, 0) is 18.2 Å². The van der Waals surface area contributed by atoms with Crippen molar-refractivity contribution in [1.29, 1.82) is 0 Å². The predicted octanol–water partition coefficient (Wildman–Crippen LogP) is 1.72. The van der Waals surface area contributed by atoms with Crippen molar-refractivity contribution in [2.45, 2.75) is 13.8 Å². The fraction of sp³-hybridized carbons (Fsp3) is 0.154. The number of para-hydroxylation sites is 1. The fourth-order valence-corrected chi connectivity index (χ4v) is 1.55. The maximum absolute atomic E-state index is 10.9. The molecule has 0 saturated carbocycles. The molecule has 102 valence electrons. The summed E-state index contributed by atoms with van der Waals surface area (Å²) < 4.78 is 14.7. The molecule has 0 spiro atoms. The quantitative estimate of drug-likeness (QED) is 0.789. The molecule has 0 fully saturated rings. The molecule has 2 aromatic rings. The molecule has 1 aromatic carbocycles. The lowest BCUT2D eigenvalue weighted by Gasteiger charge is -2.12. The topological polar surface area (TPSA) is 74.7 Å². The van der Waals surface area contributed by atoms with Crippen molar-refractivity contribution in [3.8, 4) is 5.88 Å². The lowest BCUT2D eigenvalue weighted by molar-refractivity contribution is -0.139. The Kier molecular flexibility index (Phi) is 4.19. The smallest absolute Gasteiger partial charge is 0.474 e. The van der Waals surface area contributed by atoms with E-state index in [1.165, 1.54) is 13.8 Å². The Morgan fingerprint density at radius 3 is 2.30 bits per heavy atom. The Labute approximate surface area is 115 Å². The third-order valence-electron chi connectivity index (χ3n) is 2.31. The molecular weight excluding hydrogens is 261 g/mol. The molecule has 20 heavy (non-hydrogen) atoms. The van der Waals surface area contributed by atoms with Crippen LogP contribution in [0.1, 0.15) is 13.8 Å². The summed E-state index contributed by atoms with van der Waals surface area (Å²) in [4.78, 5) is 26.1. The summed E-state index contributed by atoms with van der Waals surface area (Å²) in [5, 5.41) is 0.941. The number of aromatic nitrogens is 1. The average molecular weight is 273 g/mol. The Balaban J connectivity index is 2.18. The minimum absolute atomic E-state index is 0.191. The summed E-state index contributed by atoms with van der Waals surface area (Å²) in [6.07, 6.45) is 0. The highest BCUT2D eigenvalue weighted by Crippen LogP contribution is 2.16. The summed E-state index contributed by atoms with van der Waals surface area (Å²) >= 11 is 0. The minimum atomic E-state index is -1.45. The summed E-state index contributed by atoms with van der Waals surface area (Å²) in [5.41, 5.74) is 0.717. The molecule has 0 saturated heterocycles. The van der Waals surface area contributed by atoms with Gasteiger partial charge in [-0.1, -0.05) is 18.2 Å². The third kappa shape index (κ3) is 3.71. The van der Waals surface area contributed by atoms with Crippen LogP contribution in [0.2, 0.25) is 0 Å². The number of fused-ring (bicyclic) bond motifs is 1. The SMILES string of the molecule is CC(=O)OB(OC(C)=O)Oc1ccc2ccccc2n1. The molecule has 1 heterocycles. The van der Waals surface area contributed by atoms with E-state index in [1.807, 2.05) is 24.3 Å². The summed E-state index contributed by atoms with van der Waals surface area (Å²) in [6, 6.07) is 10.9. The van der Waals surface area contributed by atoms with Gasteiger partial charge in [0.2, 0.25) is 5.88 Å². The second-order valence-corrected chi connectivity index (χ2v) is 3.97. The maximum Gasteiger partial charge on any atom is 0.869 e. The molecule has 0 aliphatic rings. The van der Waals surface area contributed by atoms with Crippen molar-refractivity contribution in [2.24, 2.45) is 0 Å². The second-order valence-electron chi connectivity index (χ2n) is 3.97. The number of hydrogen-bond acceptors (Lipinski definition) is 6. The molecule has 0 N–H and O–H groups in total. The van der Waals surface area contributed by atoms with Crippen LogP contribution >= 0.6 is 0 Å². The van der Waals surface area contributed by atoms with Crippen LogP contribution < -0.4 is 4.65 Å². The Morgan fingerprint density at radius 1 is 1.00 bits per heavy atom. The van der Waals surface area contributed by atoms with Gasteiger partial charge < -0.3 is 14.0 Å². The molecular formula is C13H12BNO5. The van der Waals surface area contributed by atoms with Crippen LogP contribution in [0.25, 0.3) is 10.9 Å². The van der Waals surface area contributed by atoms with Gasteiger partial charge in [-0.15, -0.1) is 0 Å². The molecule has 0 radical (unpaired) electrons. The highest BCUT2D eigenvalue weighted by atomic mass is 16.8. The summed E-state index contributed by atoms with van der Waals surface area (Å²) in [5.74, 6) is -1.06. The number of benzene rings is 1. The molecule has 0 aliphatic heterocycles. The first-order valence-corrected chi connectivity index (χ1v) is 5.91. The van der Waals surface area contributed by atoms with Crippen LogP contribution in [-0.2, 0) is 18.9 Å². The van der Waals surface area contributed by atoms with Crippen molar-refractivity contribution < 1.29 is 23.6 Å². The van der Waals surface area contributed by atoms with Gasteiger partial charge in [0.1, 0.15) is 0 Å². The van der Waals surface area contributed by atoms with E-state index in [0.717, 1.165) is 10.9 Å². The zero-order chi connectivity index (χ0) is 14.5. The van der Waals surface area contributed by atoms with Gasteiger partial charge in [-0.2, -0.15) is 0 Å². The maximum atomic E-state index is 10.9. The van der Waals surface area contributed by atoms with Crippen molar-refractivity contribution in [3.05, 3.63) is 36.4 Å². The van der Waals surface area contributed by atoms with Gasteiger partial charge in [-0.3, -0.25) is 9.59 Å². The normalized spacial score (nSPS) is 9.90. The van der Waals surface area contributed by atoms with Crippen LogP contribution in [0.15, 0.2) is 36.4 Å². The van der Waals surface area contributed by atoms with E-state index >= 15 is 0 Å². The molecule has 0 atom stereocenters. The van der Waals surface area contributed by atoms with Crippen LogP contribution in [0, 0.1) is 0 Å². The number of carbonyl (C=O) groups excluding carboxylic acids is 2. The number of rotatable bonds is 4.